The smallest absolute Gasteiger partial charge is 0.341 e. The summed E-state index contributed by atoms with van der Waals surface area (Å²) >= 11 is 2.69. The summed E-state index contributed by atoms with van der Waals surface area (Å²) in [7, 11) is 1.88. The van der Waals surface area contributed by atoms with Gasteiger partial charge in [-0.1, -0.05) is 48.5 Å². The van der Waals surface area contributed by atoms with E-state index in [0.29, 0.717) is 15.7 Å². The molecule has 0 fully saturated rings. The third-order valence-electron chi connectivity index (χ3n) is 4.36. The van der Waals surface area contributed by atoms with E-state index < -0.39 is 5.97 Å². The highest BCUT2D eigenvalue weighted by atomic mass is 32.2. The number of aromatic nitrogens is 3. The Morgan fingerprint density at radius 3 is 2.60 bits per heavy atom. The number of amides is 1. The molecule has 0 radical (unpaired) electrons. The Bertz CT molecular complexity index is 1040. The molecule has 0 atom stereocenters. The number of thioether (sulfide) groups is 1. The van der Waals surface area contributed by atoms with Crippen LogP contribution in [0, 0.1) is 6.92 Å². The zero-order valence-electron chi connectivity index (χ0n) is 17.4. The normalized spacial score (nSPS) is 10.8. The van der Waals surface area contributed by atoms with Crippen LogP contribution in [0.15, 0.2) is 35.5 Å². The molecule has 0 aliphatic carbocycles. The van der Waals surface area contributed by atoms with Gasteiger partial charge >= 0.3 is 5.97 Å². The van der Waals surface area contributed by atoms with E-state index in [9.17, 15) is 9.59 Å². The minimum Gasteiger partial charge on any atom is -0.462 e. The molecule has 1 aromatic carbocycles. The molecule has 0 saturated heterocycles. The maximum Gasteiger partial charge on any atom is 0.341 e. The summed E-state index contributed by atoms with van der Waals surface area (Å²) in [5, 5.41) is 12.5. The number of hydrogen-bond donors (Lipinski definition) is 1. The predicted octanol–water partition coefficient (Wildman–Crippen LogP) is 4.32. The lowest BCUT2D eigenvalue weighted by Crippen LogP contribution is -2.16. The Morgan fingerprint density at radius 1 is 1.20 bits per heavy atom. The monoisotopic (exact) mass is 444 g/mol. The van der Waals surface area contributed by atoms with Gasteiger partial charge in [0.25, 0.3) is 0 Å². The molecule has 0 unspecified atom stereocenters. The number of rotatable bonds is 8. The second-order valence-corrected chi connectivity index (χ2v) is 8.68. The zero-order chi connectivity index (χ0) is 21.7. The fourth-order valence-corrected chi connectivity index (χ4v) is 4.47. The number of anilines is 1. The molecule has 0 bridgehead atoms. The molecule has 30 heavy (non-hydrogen) atoms. The van der Waals surface area contributed by atoms with Gasteiger partial charge in [0.15, 0.2) is 11.0 Å². The molecule has 0 aliphatic heterocycles. The van der Waals surface area contributed by atoms with Crippen molar-refractivity contribution in [2.45, 2.75) is 32.3 Å². The molecule has 2 aromatic heterocycles. The number of carbonyl (C=O) groups is 2. The molecule has 3 rings (SSSR count). The van der Waals surface area contributed by atoms with E-state index in [-0.39, 0.29) is 18.3 Å². The highest BCUT2D eigenvalue weighted by Crippen LogP contribution is 2.30. The van der Waals surface area contributed by atoms with E-state index in [1.807, 2.05) is 49.7 Å². The van der Waals surface area contributed by atoms with Gasteiger partial charge in [-0.25, -0.2) is 4.79 Å². The third-order valence-corrected chi connectivity index (χ3v) is 6.57. The van der Waals surface area contributed by atoms with Gasteiger partial charge in [0.05, 0.1) is 17.9 Å². The van der Waals surface area contributed by atoms with Crippen LogP contribution < -0.4 is 5.32 Å². The van der Waals surface area contributed by atoms with E-state index in [1.165, 1.54) is 28.7 Å². The summed E-state index contributed by atoms with van der Waals surface area (Å²) < 4.78 is 6.96. The lowest BCUT2D eigenvalue weighted by molar-refractivity contribution is -0.113. The second kappa shape index (κ2) is 9.90. The van der Waals surface area contributed by atoms with Crippen molar-refractivity contribution in [1.29, 1.82) is 0 Å². The number of thiophene rings is 1. The van der Waals surface area contributed by atoms with Crippen LogP contribution in [0.1, 0.15) is 34.6 Å². The van der Waals surface area contributed by atoms with Crippen LogP contribution in [-0.4, -0.2) is 39.0 Å². The van der Waals surface area contributed by atoms with E-state index in [2.05, 4.69) is 15.5 Å². The zero-order valence-corrected chi connectivity index (χ0v) is 19.0. The maximum atomic E-state index is 12.5. The van der Waals surface area contributed by atoms with Gasteiger partial charge < -0.3 is 14.6 Å². The lowest BCUT2D eigenvalue weighted by atomic mass is 10.1. The summed E-state index contributed by atoms with van der Waals surface area (Å²) in [6.07, 6.45) is 0.780. The lowest BCUT2D eigenvalue weighted by Gasteiger charge is -2.06. The summed E-state index contributed by atoms with van der Waals surface area (Å²) in [5.41, 5.74) is 2.54. The maximum absolute atomic E-state index is 12.5. The first kappa shape index (κ1) is 22.0. The number of aryl methyl sites for hydroxylation is 2. The fourth-order valence-electron chi connectivity index (χ4n) is 2.76. The largest absolute Gasteiger partial charge is 0.462 e. The second-order valence-electron chi connectivity index (χ2n) is 6.60. The first-order valence-corrected chi connectivity index (χ1v) is 11.4. The van der Waals surface area contributed by atoms with E-state index >= 15 is 0 Å². The third kappa shape index (κ3) is 5.09. The molecule has 7 nitrogen and oxygen atoms in total. The van der Waals surface area contributed by atoms with Gasteiger partial charge in [-0.2, -0.15) is 0 Å². The van der Waals surface area contributed by atoms with Gasteiger partial charge in [0.1, 0.15) is 5.00 Å². The van der Waals surface area contributed by atoms with Crippen LogP contribution >= 0.6 is 23.1 Å². The van der Waals surface area contributed by atoms with Crippen LogP contribution in [0.5, 0.6) is 0 Å². The molecule has 0 aliphatic rings. The molecular formula is C21H24N4O3S2. The SMILES string of the molecule is CCOC(=O)c1cc(CC)sc1NC(=O)CSc1nnc(-c2ccc(C)cc2)n1C. The minimum absolute atomic E-state index is 0.154. The van der Waals surface area contributed by atoms with E-state index in [4.69, 9.17) is 4.74 Å². The number of nitrogens with one attached hydrogen (secondary N) is 1. The van der Waals surface area contributed by atoms with E-state index in [0.717, 1.165) is 22.7 Å². The number of nitrogens with zero attached hydrogens (tertiary/aromatic N) is 3. The van der Waals surface area contributed by atoms with Crippen molar-refractivity contribution in [3.63, 3.8) is 0 Å². The molecule has 158 valence electrons. The fraction of sp³-hybridized carbons (Fsp3) is 0.333. The highest BCUT2D eigenvalue weighted by molar-refractivity contribution is 7.99. The molecular weight excluding hydrogens is 420 g/mol. The molecule has 2 heterocycles. The van der Waals surface area contributed by atoms with Crippen LogP contribution in [0.4, 0.5) is 5.00 Å². The van der Waals surface area contributed by atoms with Gasteiger partial charge in [-0.05, 0) is 26.3 Å². The van der Waals surface area contributed by atoms with Crippen molar-refractivity contribution in [3.8, 4) is 11.4 Å². The topological polar surface area (TPSA) is 86.1 Å². The summed E-state index contributed by atoms with van der Waals surface area (Å²) in [6, 6.07) is 9.83. The quantitative estimate of drug-likeness (QED) is 0.411. The summed E-state index contributed by atoms with van der Waals surface area (Å²) in [5.74, 6) is 0.261. The number of esters is 1. The molecule has 0 spiro atoms. The first-order chi connectivity index (χ1) is 14.4. The van der Waals surface area contributed by atoms with Crippen molar-refractivity contribution in [1.82, 2.24) is 14.8 Å². The average molecular weight is 445 g/mol. The summed E-state index contributed by atoms with van der Waals surface area (Å²) in [6.45, 7) is 6.08. The predicted molar refractivity (Wildman–Crippen MR) is 120 cm³/mol. The van der Waals surface area contributed by atoms with Crippen molar-refractivity contribution in [3.05, 3.63) is 46.3 Å². The van der Waals surface area contributed by atoms with E-state index in [1.54, 1.807) is 13.0 Å². The van der Waals surface area contributed by atoms with Crippen molar-refractivity contribution in [2.24, 2.45) is 7.05 Å². The van der Waals surface area contributed by atoms with Crippen LogP contribution in [0.25, 0.3) is 11.4 Å². The van der Waals surface area contributed by atoms with Crippen LogP contribution in [0.3, 0.4) is 0 Å². The number of carbonyl (C=O) groups excluding carboxylic acids is 2. The highest BCUT2D eigenvalue weighted by Gasteiger charge is 2.19. The Kier molecular flexibility index (Phi) is 7.28. The van der Waals surface area contributed by atoms with Crippen molar-refractivity contribution >= 4 is 40.0 Å². The number of hydrogen-bond acceptors (Lipinski definition) is 7. The molecule has 1 amide bonds. The van der Waals surface area contributed by atoms with Gasteiger partial charge in [0.2, 0.25) is 5.91 Å². The molecule has 9 heteroatoms. The molecule has 3 aromatic rings. The Labute approximate surface area is 183 Å². The van der Waals surface area contributed by atoms with Gasteiger partial charge in [-0.3, -0.25) is 4.79 Å². The molecule has 0 saturated carbocycles. The molecule has 1 N–H and O–H groups in total. The first-order valence-electron chi connectivity index (χ1n) is 9.61. The number of ether oxygens (including phenoxy) is 1. The minimum atomic E-state index is -0.424. The van der Waals surface area contributed by atoms with Crippen LogP contribution in [0.2, 0.25) is 0 Å². The van der Waals surface area contributed by atoms with Crippen molar-refractivity contribution in [2.75, 3.05) is 17.7 Å². The Hall–Kier alpha value is -2.65. The van der Waals surface area contributed by atoms with Crippen molar-refractivity contribution < 1.29 is 14.3 Å². The Balaban J connectivity index is 1.66. The Morgan fingerprint density at radius 2 is 1.93 bits per heavy atom. The average Bonchev–Trinajstić information content (AvgIpc) is 3.30. The van der Waals surface area contributed by atoms with Gasteiger partial charge in [0, 0.05) is 17.5 Å². The van der Waals surface area contributed by atoms with Gasteiger partial charge in [-0.15, -0.1) is 21.5 Å². The van der Waals surface area contributed by atoms with Crippen LogP contribution in [-0.2, 0) is 23.0 Å². The standard InChI is InChI=1S/C21H24N4O3S2/c1-5-15-11-16(20(27)28-6-2)19(30-15)22-17(26)12-29-21-24-23-18(25(21)4)14-9-7-13(3)8-10-14/h7-11H,5-6,12H2,1-4H3,(H,22,26). The summed E-state index contributed by atoms with van der Waals surface area (Å²) in [4.78, 5) is 25.7. The number of benzene rings is 1.